The molecule has 3 heterocycles. The van der Waals surface area contributed by atoms with E-state index in [-0.39, 0.29) is 11.1 Å². The molecule has 29 heavy (non-hydrogen) atoms. The Bertz CT molecular complexity index is 1350. The lowest BCUT2D eigenvalue weighted by Gasteiger charge is -2.11. The first-order valence-corrected chi connectivity index (χ1v) is 8.78. The molecular weight excluding hydrogens is 385 g/mol. The number of anilines is 1. The van der Waals surface area contributed by atoms with Gasteiger partial charge in [0.05, 0.1) is 28.4 Å². The maximum absolute atomic E-state index is 13.1. The third-order valence-corrected chi connectivity index (χ3v) is 4.81. The molecule has 0 radical (unpaired) electrons. The van der Waals surface area contributed by atoms with Crippen LogP contribution >= 0.6 is 0 Å². The van der Waals surface area contributed by atoms with Crippen molar-refractivity contribution in [3.8, 4) is 0 Å². The van der Waals surface area contributed by atoms with E-state index in [0.717, 1.165) is 12.1 Å². The van der Waals surface area contributed by atoms with Gasteiger partial charge in [-0.05, 0) is 36.4 Å². The second kappa shape index (κ2) is 6.16. The van der Waals surface area contributed by atoms with Crippen LogP contribution in [-0.4, -0.2) is 32.0 Å². The number of H-pyrrole nitrogens is 1. The summed E-state index contributed by atoms with van der Waals surface area (Å²) in [5.74, 6) is 0.0567. The van der Waals surface area contributed by atoms with Crippen molar-refractivity contribution in [3.63, 3.8) is 0 Å². The number of benzene rings is 2. The smallest absolute Gasteiger partial charge is 0.369 e. The molecule has 2 aromatic heterocycles. The van der Waals surface area contributed by atoms with Crippen molar-refractivity contribution < 1.29 is 18.0 Å². The van der Waals surface area contributed by atoms with E-state index in [4.69, 9.17) is 0 Å². The average Bonchev–Trinajstić information content (AvgIpc) is 3.36. The van der Waals surface area contributed by atoms with E-state index in [9.17, 15) is 18.0 Å². The number of halogens is 3. The van der Waals surface area contributed by atoms with Gasteiger partial charge in [-0.3, -0.25) is 9.36 Å². The van der Waals surface area contributed by atoms with Crippen LogP contribution in [-0.2, 0) is 12.7 Å². The summed E-state index contributed by atoms with van der Waals surface area (Å²) < 4.78 is 41.0. The molecule has 10 heteroatoms. The summed E-state index contributed by atoms with van der Waals surface area (Å²) in [5, 5.41) is 3.67. The zero-order valence-corrected chi connectivity index (χ0v) is 14.8. The van der Waals surface area contributed by atoms with Crippen LogP contribution in [0.2, 0.25) is 0 Å². The summed E-state index contributed by atoms with van der Waals surface area (Å²) in [6.45, 7) is 1.07. The van der Waals surface area contributed by atoms with Crippen molar-refractivity contribution in [2.75, 3.05) is 11.9 Å². The molecule has 7 nitrogen and oxygen atoms in total. The van der Waals surface area contributed by atoms with Crippen molar-refractivity contribution in [1.82, 2.24) is 19.5 Å². The standard InChI is InChI=1S/C19H13F3N6O/c20-19(21,22)11-2-3-12-14(8-11)26-18(28-6-5-23-16(12)28)27-17(29)10-1-4-13-15(7-10)25-9-24-13/h1-4,7-9,23H,5-6H2,(H,24,25). The van der Waals surface area contributed by atoms with Gasteiger partial charge in [0.15, 0.2) is 0 Å². The number of alkyl halides is 3. The Morgan fingerprint density at radius 2 is 2.00 bits per heavy atom. The highest BCUT2D eigenvalue weighted by molar-refractivity contribution is 5.98. The number of hydrogen-bond donors (Lipinski definition) is 2. The number of carbonyl (C=O) groups excluding carboxylic acids is 1. The number of aromatic amines is 1. The van der Waals surface area contributed by atoms with E-state index in [1.54, 1.807) is 22.8 Å². The highest BCUT2D eigenvalue weighted by Gasteiger charge is 2.31. The van der Waals surface area contributed by atoms with Gasteiger partial charge in [-0.1, -0.05) is 0 Å². The Morgan fingerprint density at radius 3 is 2.83 bits per heavy atom. The Hall–Kier alpha value is -3.69. The first-order chi connectivity index (χ1) is 13.9. The molecule has 1 aliphatic heterocycles. The van der Waals surface area contributed by atoms with Crippen LogP contribution in [0.1, 0.15) is 15.9 Å². The molecule has 146 valence electrons. The quantitative estimate of drug-likeness (QED) is 0.516. The third-order valence-electron chi connectivity index (χ3n) is 4.81. The topological polar surface area (TPSA) is 88.0 Å². The van der Waals surface area contributed by atoms with E-state index in [1.165, 1.54) is 12.4 Å². The molecule has 0 bridgehead atoms. The van der Waals surface area contributed by atoms with Crippen LogP contribution in [0.4, 0.5) is 19.0 Å². The Morgan fingerprint density at radius 1 is 1.14 bits per heavy atom. The molecule has 5 rings (SSSR count). The van der Waals surface area contributed by atoms with Gasteiger partial charge >= 0.3 is 6.18 Å². The minimum Gasteiger partial charge on any atom is -0.369 e. The van der Waals surface area contributed by atoms with E-state index in [0.29, 0.717) is 40.9 Å². The summed E-state index contributed by atoms with van der Waals surface area (Å²) >= 11 is 0. The van der Waals surface area contributed by atoms with Gasteiger partial charge in [-0.15, -0.1) is 0 Å². The number of imidazole rings is 1. The number of amides is 1. The van der Waals surface area contributed by atoms with Crippen LogP contribution in [0.3, 0.4) is 0 Å². The van der Waals surface area contributed by atoms with E-state index in [1.807, 2.05) is 0 Å². The van der Waals surface area contributed by atoms with Gasteiger partial charge in [0.2, 0.25) is 5.62 Å². The fourth-order valence-electron chi connectivity index (χ4n) is 3.41. The van der Waals surface area contributed by atoms with Crippen LogP contribution in [0, 0.1) is 0 Å². The van der Waals surface area contributed by atoms with E-state index < -0.39 is 17.6 Å². The monoisotopic (exact) mass is 398 g/mol. The number of aromatic nitrogens is 4. The van der Waals surface area contributed by atoms with E-state index in [2.05, 4.69) is 25.3 Å². The molecule has 0 atom stereocenters. The normalized spacial score (nSPS) is 14.4. The first-order valence-electron chi connectivity index (χ1n) is 8.78. The zero-order valence-electron chi connectivity index (χ0n) is 14.8. The highest BCUT2D eigenvalue weighted by atomic mass is 19.4. The summed E-state index contributed by atoms with van der Waals surface area (Å²) in [7, 11) is 0. The van der Waals surface area contributed by atoms with Crippen LogP contribution in [0.5, 0.6) is 0 Å². The predicted molar refractivity (Wildman–Crippen MR) is 99.2 cm³/mol. The fourth-order valence-corrected chi connectivity index (χ4v) is 3.41. The number of fused-ring (bicyclic) bond motifs is 4. The number of carbonyl (C=O) groups is 1. The second-order valence-electron chi connectivity index (χ2n) is 6.62. The molecule has 2 aromatic carbocycles. The summed E-state index contributed by atoms with van der Waals surface area (Å²) in [4.78, 5) is 28.1. The van der Waals surface area contributed by atoms with Crippen LogP contribution in [0.25, 0.3) is 21.9 Å². The van der Waals surface area contributed by atoms with Gasteiger partial charge in [0.1, 0.15) is 5.82 Å². The lowest BCUT2D eigenvalue weighted by molar-refractivity contribution is -0.137. The average molecular weight is 398 g/mol. The summed E-state index contributed by atoms with van der Waals surface area (Å²) in [5.41, 5.74) is 1.11. The maximum atomic E-state index is 13.1. The minimum atomic E-state index is -4.48. The largest absolute Gasteiger partial charge is 0.416 e. The zero-order chi connectivity index (χ0) is 20.2. The summed E-state index contributed by atoms with van der Waals surface area (Å²) in [6.07, 6.45) is -2.96. The number of nitrogens with one attached hydrogen (secondary N) is 2. The molecular formula is C19H13F3N6O. The minimum absolute atomic E-state index is 0.0616. The molecule has 0 saturated heterocycles. The molecule has 1 aliphatic rings. The van der Waals surface area contributed by atoms with Crippen molar-refractivity contribution in [2.24, 2.45) is 4.99 Å². The van der Waals surface area contributed by atoms with Gasteiger partial charge in [0, 0.05) is 24.0 Å². The molecule has 0 spiro atoms. The SMILES string of the molecule is O=C(N=c1nc2cc(C(F)(F)F)ccc2c2n1CCN2)c1ccc2nc[nH]c2c1. The summed E-state index contributed by atoms with van der Waals surface area (Å²) in [6, 6.07) is 8.29. The lowest BCUT2D eigenvalue weighted by Crippen LogP contribution is -2.25. The van der Waals surface area contributed by atoms with Gasteiger partial charge in [-0.2, -0.15) is 18.2 Å². The molecule has 0 fully saturated rings. The predicted octanol–water partition coefficient (Wildman–Crippen LogP) is 3.10. The Balaban J connectivity index is 1.67. The van der Waals surface area contributed by atoms with Crippen molar-refractivity contribution >= 4 is 33.7 Å². The Labute approximate surface area is 160 Å². The van der Waals surface area contributed by atoms with Crippen molar-refractivity contribution in [3.05, 3.63) is 59.5 Å². The maximum Gasteiger partial charge on any atom is 0.416 e. The second-order valence-corrected chi connectivity index (χ2v) is 6.62. The molecule has 2 N–H and O–H groups in total. The number of rotatable bonds is 1. The van der Waals surface area contributed by atoms with Crippen LogP contribution in [0.15, 0.2) is 47.7 Å². The molecule has 0 unspecified atom stereocenters. The van der Waals surface area contributed by atoms with Gasteiger partial charge in [-0.25, -0.2) is 9.97 Å². The van der Waals surface area contributed by atoms with Crippen LogP contribution < -0.4 is 10.9 Å². The lowest BCUT2D eigenvalue weighted by atomic mass is 10.1. The first kappa shape index (κ1) is 17.4. The van der Waals surface area contributed by atoms with E-state index >= 15 is 0 Å². The third kappa shape index (κ3) is 2.93. The number of hydrogen-bond acceptors (Lipinski definition) is 4. The number of nitrogens with zero attached hydrogens (tertiary/aromatic N) is 4. The molecule has 0 saturated carbocycles. The van der Waals surface area contributed by atoms with Gasteiger partial charge < -0.3 is 10.3 Å². The highest BCUT2D eigenvalue weighted by Crippen LogP contribution is 2.32. The molecule has 1 amide bonds. The van der Waals surface area contributed by atoms with Crippen molar-refractivity contribution in [2.45, 2.75) is 12.7 Å². The Kier molecular flexibility index (Phi) is 3.70. The van der Waals surface area contributed by atoms with Crippen molar-refractivity contribution in [1.29, 1.82) is 0 Å². The van der Waals surface area contributed by atoms with Gasteiger partial charge in [0.25, 0.3) is 5.91 Å². The molecule has 4 aromatic rings. The molecule has 0 aliphatic carbocycles. The fraction of sp³-hybridized carbons (Fsp3) is 0.158.